The molecule has 0 aliphatic carbocycles. The first-order valence-corrected chi connectivity index (χ1v) is 9.68. The lowest BCUT2D eigenvalue weighted by molar-refractivity contribution is 0.0921. The number of nitrogens with one attached hydrogen (secondary N) is 4. The summed E-state index contributed by atoms with van der Waals surface area (Å²) in [6.45, 7) is 5.30. The highest BCUT2D eigenvalue weighted by molar-refractivity contribution is 6.31. The highest BCUT2D eigenvalue weighted by Gasteiger charge is 2.28. The quantitative estimate of drug-likeness (QED) is 0.448. The monoisotopic (exact) mass is 423 g/mol. The third-order valence-corrected chi connectivity index (χ3v) is 5.36. The topological polar surface area (TPSA) is 130 Å². The molecule has 2 heterocycles. The molecule has 1 amide bonds. The number of aromatic amines is 1. The number of rotatable bonds is 6. The lowest BCUT2D eigenvalue weighted by Crippen LogP contribution is -2.42. The fraction of sp³-hybridized carbons (Fsp3) is 0.286. The zero-order chi connectivity index (χ0) is 22.1. The van der Waals surface area contributed by atoms with Gasteiger partial charge in [-0.2, -0.15) is 5.26 Å². The summed E-state index contributed by atoms with van der Waals surface area (Å²) in [6, 6.07) is 6.98. The molecule has 0 saturated carbocycles. The van der Waals surface area contributed by atoms with Gasteiger partial charge in [0.25, 0.3) is 5.91 Å². The van der Waals surface area contributed by atoms with Crippen LogP contribution in [0.5, 0.6) is 0 Å². The van der Waals surface area contributed by atoms with Gasteiger partial charge >= 0.3 is 0 Å². The first-order chi connectivity index (χ1) is 14.2. The molecule has 1 unspecified atom stereocenters. The van der Waals surface area contributed by atoms with Crippen molar-refractivity contribution in [3.05, 3.63) is 52.4 Å². The minimum atomic E-state index is -0.723. The van der Waals surface area contributed by atoms with E-state index in [1.165, 1.54) is 12.4 Å². The Morgan fingerprint density at radius 2 is 2.10 bits per heavy atom. The summed E-state index contributed by atoms with van der Waals surface area (Å²) in [5.41, 5.74) is 2.15. The maximum absolute atomic E-state index is 12.8. The summed E-state index contributed by atoms with van der Waals surface area (Å²) in [7, 11) is 1.75. The number of carbonyl (C=O) groups is 1. The van der Waals surface area contributed by atoms with E-state index in [4.69, 9.17) is 17.0 Å². The summed E-state index contributed by atoms with van der Waals surface area (Å²) in [6.07, 6.45) is 3.01. The summed E-state index contributed by atoms with van der Waals surface area (Å²) in [5.74, 6) is -0.363. The van der Waals surface area contributed by atoms with E-state index in [2.05, 4.69) is 31.7 Å². The maximum Gasteiger partial charge on any atom is 0.255 e. The highest BCUT2D eigenvalue weighted by atomic mass is 35.5. The number of nitrogens with zero attached hydrogens (tertiary/aromatic N) is 3. The average molecular weight is 424 g/mol. The van der Waals surface area contributed by atoms with E-state index >= 15 is 0 Å². The van der Waals surface area contributed by atoms with E-state index < -0.39 is 5.41 Å². The molecule has 0 spiro atoms. The maximum atomic E-state index is 12.8. The van der Waals surface area contributed by atoms with Crippen molar-refractivity contribution in [3.63, 3.8) is 0 Å². The molecule has 0 fully saturated rings. The first-order valence-electron chi connectivity index (χ1n) is 9.30. The molecular formula is C21H22ClN7O. The normalized spacial score (nSPS) is 12.3. The van der Waals surface area contributed by atoms with Crippen molar-refractivity contribution >= 4 is 40.1 Å². The van der Waals surface area contributed by atoms with Crippen LogP contribution in [0.25, 0.3) is 11.2 Å². The van der Waals surface area contributed by atoms with Crippen LogP contribution in [-0.4, -0.2) is 39.7 Å². The fourth-order valence-corrected chi connectivity index (χ4v) is 2.99. The van der Waals surface area contributed by atoms with Crippen molar-refractivity contribution in [2.75, 3.05) is 12.4 Å². The molecule has 8 nitrogen and oxygen atoms in total. The number of carbonyl (C=O) groups excluding carboxylic acids is 1. The zero-order valence-electron chi connectivity index (χ0n) is 17.1. The number of H-pyrrole nitrogens is 1. The Bertz CT molecular complexity index is 1180. The molecule has 9 heteroatoms. The number of anilines is 1. The zero-order valence-corrected chi connectivity index (χ0v) is 17.8. The van der Waals surface area contributed by atoms with Crippen LogP contribution in [-0.2, 0) is 0 Å². The number of aromatic nitrogens is 3. The van der Waals surface area contributed by atoms with E-state index in [0.29, 0.717) is 38.7 Å². The number of amides is 1. The SMILES string of the molecule is CNc1cc(Cl)ccc1C(=N)c1cnc2[nH]cc(C(=O)NC(C)C(C)(C)C#N)c2n1. The van der Waals surface area contributed by atoms with Gasteiger partial charge in [0, 0.05) is 35.6 Å². The molecule has 0 aliphatic rings. The number of hydrogen-bond acceptors (Lipinski definition) is 6. The molecule has 0 saturated heterocycles. The van der Waals surface area contributed by atoms with Gasteiger partial charge in [-0.3, -0.25) is 10.2 Å². The van der Waals surface area contributed by atoms with Gasteiger partial charge in [-0.15, -0.1) is 0 Å². The minimum Gasteiger partial charge on any atom is -0.388 e. The van der Waals surface area contributed by atoms with Crippen LogP contribution >= 0.6 is 11.6 Å². The van der Waals surface area contributed by atoms with Gasteiger partial charge in [-0.1, -0.05) is 11.6 Å². The lowest BCUT2D eigenvalue weighted by Gasteiger charge is -2.25. The van der Waals surface area contributed by atoms with Gasteiger partial charge in [0.2, 0.25) is 0 Å². The highest BCUT2D eigenvalue weighted by Crippen LogP contribution is 2.24. The van der Waals surface area contributed by atoms with E-state index in [1.807, 2.05) is 0 Å². The molecule has 3 aromatic rings. The molecular weight excluding hydrogens is 402 g/mol. The van der Waals surface area contributed by atoms with Crippen LogP contribution in [0.4, 0.5) is 5.69 Å². The van der Waals surface area contributed by atoms with Crippen molar-refractivity contribution in [1.82, 2.24) is 20.3 Å². The molecule has 2 aromatic heterocycles. The molecule has 0 radical (unpaired) electrons. The minimum absolute atomic E-state index is 0.150. The Kier molecular flexibility index (Phi) is 5.76. The number of hydrogen-bond donors (Lipinski definition) is 4. The number of halogens is 1. The summed E-state index contributed by atoms with van der Waals surface area (Å²) < 4.78 is 0. The van der Waals surface area contributed by atoms with Crippen LogP contribution in [0, 0.1) is 22.2 Å². The molecule has 0 bridgehead atoms. The van der Waals surface area contributed by atoms with Crippen LogP contribution in [0.3, 0.4) is 0 Å². The van der Waals surface area contributed by atoms with Crippen molar-refractivity contribution in [2.24, 2.45) is 5.41 Å². The van der Waals surface area contributed by atoms with Crippen LogP contribution in [0.2, 0.25) is 5.02 Å². The number of nitriles is 1. The number of fused-ring (bicyclic) bond motifs is 1. The predicted molar refractivity (Wildman–Crippen MR) is 117 cm³/mol. The first kappa shape index (κ1) is 21.3. The predicted octanol–water partition coefficient (Wildman–Crippen LogP) is 3.74. The lowest BCUT2D eigenvalue weighted by atomic mass is 9.87. The largest absolute Gasteiger partial charge is 0.388 e. The smallest absolute Gasteiger partial charge is 0.255 e. The van der Waals surface area contributed by atoms with Crippen molar-refractivity contribution < 1.29 is 4.79 Å². The van der Waals surface area contributed by atoms with Gasteiger partial charge in [0.1, 0.15) is 11.2 Å². The third-order valence-electron chi connectivity index (χ3n) is 5.12. The van der Waals surface area contributed by atoms with E-state index in [1.54, 1.807) is 46.0 Å². The molecule has 1 aromatic carbocycles. The second-order valence-electron chi connectivity index (χ2n) is 7.50. The second kappa shape index (κ2) is 8.13. The van der Waals surface area contributed by atoms with E-state index in [-0.39, 0.29) is 17.7 Å². The summed E-state index contributed by atoms with van der Waals surface area (Å²) in [4.78, 5) is 24.6. The van der Waals surface area contributed by atoms with Gasteiger partial charge in [0.15, 0.2) is 5.65 Å². The van der Waals surface area contributed by atoms with Gasteiger partial charge < -0.3 is 15.6 Å². The molecule has 154 valence electrons. The molecule has 1 atom stereocenters. The Balaban J connectivity index is 1.97. The second-order valence-corrected chi connectivity index (χ2v) is 7.93. The van der Waals surface area contributed by atoms with Gasteiger partial charge in [-0.25, -0.2) is 9.97 Å². The molecule has 4 N–H and O–H groups in total. The van der Waals surface area contributed by atoms with E-state index in [0.717, 1.165) is 0 Å². The van der Waals surface area contributed by atoms with Crippen LogP contribution in [0.1, 0.15) is 42.4 Å². The summed E-state index contributed by atoms with van der Waals surface area (Å²) in [5, 5.41) is 24.3. The van der Waals surface area contributed by atoms with Crippen molar-refractivity contribution in [2.45, 2.75) is 26.8 Å². The Morgan fingerprint density at radius 3 is 2.77 bits per heavy atom. The standard InChI is InChI=1S/C21H22ClN7O/c1-11(21(2,3)10-23)28-20(30)14-8-26-19-18(14)29-16(9-27-19)17(24)13-6-5-12(22)7-15(13)25-4/h5-9,11,24-25H,1-4H3,(H,26,27)(H,28,30). The van der Waals surface area contributed by atoms with E-state index in [9.17, 15) is 10.1 Å². The fourth-order valence-electron chi connectivity index (χ4n) is 2.82. The molecule has 3 rings (SSSR count). The van der Waals surface area contributed by atoms with Gasteiger partial charge in [-0.05, 0) is 39.0 Å². The summed E-state index contributed by atoms with van der Waals surface area (Å²) >= 11 is 6.04. The number of benzene rings is 1. The Hall–Kier alpha value is -3.44. The van der Waals surface area contributed by atoms with Crippen LogP contribution in [0.15, 0.2) is 30.6 Å². The van der Waals surface area contributed by atoms with Crippen molar-refractivity contribution in [1.29, 1.82) is 10.7 Å². The van der Waals surface area contributed by atoms with Crippen LogP contribution < -0.4 is 10.6 Å². The van der Waals surface area contributed by atoms with Crippen molar-refractivity contribution in [3.8, 4) is 6.07 Å². The van der Waals surface area contributed by atoms with Gasteiger partial charge in [0.05, 0.1) is 29.0 Å². The molecule has 0 aliphatic heterocycles. The Morgan fingerprint density at radius 1 is 1.37 bits per heavy atom. The Labute approximate surface area is 179 Å². The molecule has 30 heavy (non-hydrogen) atoms. The average Bonchev–Trinajstić information content (AvgIpc) is 3.16. The third kappa shape index (κ3) is 3.98.